The topological polar surface area (TPSA) is 200 Å². The summed E-state index contributed by atoms with van der Waals surface area (Å²) in [6, 6.07) is -0.321. The minimum Gasteiger partial charge on any atom is -0.459 e. The zero-order valence-corrected chi connectivity index (χ0v) is 35.5. The molecule has 0 amide bonds. The molecule has 0 aliphatic carbocycles. The number of methoxy groups -OCH3 is 1. The van der Waals surface area contributed by atoms with Crippen LogP contribution in [0.15, 0.2) is 0 Å². The van der Waals surface area contributed by atoms with Crippen molar-refractivity contribution < 1.29 is 68.0 Å². The van der Waals surface area contributed by atoms with Crippen LogP contribution in [0.25, 0.3) is 0 Å². The average Bonchev–Trinajstić information content (AvgIpc) is 3.09. The minimum absolute atomic E-state index is 0.0764. The van der Waals surface area contributed by atoms with E-state index in [2.05, 4.69) is 0 Å². The molecular weight excluding hydrogens is 718 g/mol. The average molecular weight is 790 g/mol. The summed E-state index contributed by atoms with van der Waals surface area (Å²) >= 11 is 0. The number of aliphatic hydroxyl groups excluding tert-OH is 2. The van der Waals surface area contributed by atoms with Crippen molar-refractivity contribution in [2.75, 3.05) is 21.2 Å². The second-order valence-corrected chi connectivity index (χ2v) is 17.4. The Morgan fingerprint density at radius 1 is 0.909 bits per heavy atom. The van der Waals surface area contributed by atoms with Crippen LogP contribution >= 0.6 is 0 Å². The summed E-state index contributed by atoms with van der Waals surface area (Å²) in [7, 11) is 5.19. The quantitative estimate of drug-likeness (QED) is 0.249. The normalized spacial score (nSPS) is 46.9. The van der Waals surface area contributed by atoms with E-state index in [1.165, 1.54) is 34.8 Å². The molecule has 0 aromatic heterocycles. The number of ether oxygens (including phenoxy) is 7. The number of carbonyl (C=O) groups excluding carboxylic acids is 3. The summed E-state index contributed by atoms with van der Waals surface area (Å²) in [4.78, 5) is 42.6. The first kappa shape index (κ1) is 47.6. The Hall–Kier alpha value is -1.79. The molecule has 15 nitrogen and oxygen atoms in total. The number of ketones is 1. The Kier molecular flexibility index (Phi) is 16.3. The van der Waals surface area contributed by atoms with Gasteiger partial charge in [0.2, 0.25) is 0 Å². The number of Topliss-reactive ketones (excluding diaryl/α,β-unsaturated/α-hetero) is 1. The van der Waals surface area contributed by atoms with Crippen molar-refractivity contribution in [1.82, 2.24) is 4.90 Å². The number of hydrogen-bond acceptors (Lipinski definition) is 15. The molecule has 0 aromatic rings. The van der Waals surface area contributed by atoms with E-state index in [0.29, 0.717) is 12.8 Å². The summed E-state index contributed by atoms with van der Waals surface area (Å²) in [5, 5.41) is 46.7. The van der Waals surface area contributed by atoms with E-state index in [4.69, 9.17) is 33.2 Å². The van der Waals surface area contributed by atoms with Crippen LogP contribution in [0.5, 0.6) is 0 Å². The van der Waals surface area contributed by atoms with Gasteiger partial charge in [-0.05, 0) is 74.9 Å². The molecule has 0 spiro atoms. The van der Waals surface area contributed by atoms with Gasteiger partial charge in [0.25, 0.3) is 0 Å². The van der Waals surface area contributed by atoms with Gasteiger partial charge in [0.15, 0.2) is 18.7 Å². The van der Waals surface area contributed by atoms with E-state index >= 15 is 0 Å². The highest BCUT2D eigenvalue weighted by Gasteiger charge is 2.54. The molecule has 0 aromatic carbocycles. The molecule has 0 saturated carbocycles. The molecule has 8 unspecified atom stereocenters. The highest BCUT2D eigenvalue weighted by molar-refractivity contribution is 5.83. The van der Waals surface area contributed by atoms with Gasteiger partial charge in [0, 0.05) is 38.2 Å². The van der Waals surface area contributed by atoms with Gasteiger partial charge in [-0.3, -0.25) is 14.4 Å². The molecule has 0 bridgehead atoms. The van der Waals surface area contributed by atoms with Crippen LogP contribution in [0.3, 0.4) is 0 Å². The van der Waals surface area contributed by atoms with Gasteiger partial charge in [-0.1, -0.05) is 34.1 Å². The Balaban J connectivity index is 2.25. The smallest absolute Gasteiger partial charge is 0.311 e. The predicted octanol–water partition coefficient (Wildman–Crippen LogP) is 2.75. The van der Waals surface area contributed by atoms with Crippen LogP contribution in [-0.4, -0.2) is 149 Å². The van der Waals surface area contributed by atoms with E-state index in [0.717, 1.165) is 0 Å². The Bertz CT molecular complexity index is 1290. The third-order valence-electron chi connectivity index (χ3n) is 12.3. The molecule has 0 radical (unpaired) electrons. The Morgan fingerprint density at radius 3 is 2.07 bits per heavy atom. The number of cyclic esters (lactones) is 1. The number of aliphatic hydroxyl groups is 4. The summed E-state index contributed by atoms with van der Waals surface area (Å²) in [6.07, 6.45) is -9.22. The van der Waals surface area contributed by atoms with E-state index in [9.17, 15) is 34.8 Å². The lowest BCUT2D eigenvalue weighted by atomic mass is 9.74. The summed E-state index contributed by atoms with van der Waals surface area (Å²) in [5.74, 6) is -5.66. The summed E-state index contributed by atoms with van der Waals surface area (Å²) in [6.45, 7) is 17.8. The van der Waals surface area contributed by atoms with Crippen molar-refractivity contribution in [1.29, 1.82) is 0 Å². The van der Waals surface area contributed by atoms with E-state index in [1.54, 1.807) is 34.6 Å². The van der Waals surface area contributed by atoms with Gasteiger partial charge in [0.1, 0.15) is 23.6 Å². The standard InChI is InChI=1S/C40H71NO14/c1-15-16-28-40(11,48)33(44)22(4)30(43)20(2)18-38(9,47)35(55-37-32(52-26(8)42)27(41(12)13)17-21(3)50-37)23(5)31(24(6)36(46)53-28)54-29-19-39(10,49-14)34(45)25(7)51-29/h20-25,27-29,31-35,37,44-45,47-48H,15-19H2,1-14H3/t20-,21?,22+,23+,24-,25?,27?,28-,29?,31+,32?,33-,34?,35-,37?,38-,39?,40-/m1/s1. The highest BCUT2D eigenvalue weighted by atomic mass is 16.7. The van der Waals surface area contributed by atoms with Gasteiger partial charge in [-0.25, -0.2) is 0 Å². The van der Waals surface area contributed by atoms with E-state index in [1.807, 2.05) is 32.8 Å². The van der Waals surface area contributed by atoms with Crippen LogP contribution in [0.4, 0.5) is 0 Å². The molecule has 3 heterocycles. The lowest BCUT2D eigenvalue weighted by Crippen LogP contribution is -2.61. The number of hydrogen-bond donors (Lipinski definition) is 4. The maximum absolute atomic E-state index is 14.3. The van der Waals surface area contributed by atoms with Crippen molar-refractivity contribution in [3.05, 3.63) is 0 Å². The zero-order chi connectivity index (χ0) is 42.0. The van der Waals surface area contributed by atoms with E-state index in [-0.39, 0.29) is 31.4 Å². The number of rotatable bonds is 9. The summed E-state index contributed by atoms with van der Waals surface area (Å²) in [5.41, 5.74) is -4.92. The second-order valence-electron chi connectivity index (χ2n) is 17.4. The third kappa shape index (κ3) is 10.8. The molecule has 3 saturated heterocycles. The molecule has 4 N–H and O–H groups in total. The first-order valence-corrected chi connectivity index (χ1v) is 19.9. The fraction of sp³-hybridized carbons (Fsp3) is 0.925. The lowest BCUT2D eigenvalue weighted by molar-refractivity contribution is -0.318. The van der Waals surface area contributed by atoms with Crippen molar-refractivity contribution in [2.24, 2.45) is 23.7 Å². The first-order chi connectivity index (χ1) is 25.3. The number of carbonyl (C=O) groups is 3. The molecule has 3 aliphatic heterocycles. The van der Waals surface area contributed by atoms with Gasteiger partial charge >= 0.3 is 11.9 Å². The van der Waals surface area contributed by atoms with Gasteiger partial charge in [-0.15, -0.1) is 0 Å². The molecule has 3 rings (SSSR count). The zero-order valence-electron chi connectivity index (χ0n) is 35.5. The molecular formula is C40H71NO14. The van der Waals surface area contributed by atoms with Gasteiger partial charge in [-0.2, -0.15) is 0 Å². The molecule has 3 fully saturated rings. The number of likely N-dealkylation sites (N-methyl/N-ethyl adjacent to an activating group) is 1. The maximum atomic E-state index is 14.3. The van der Waals surface area contributed by atoms with Crippen LogP contribution < -0.4 is 0 Å². The van der Waals surface area contributed by atoms with Crippen LogP contribution in [0.2, 0.25) is 0 Å². The Morgan fingerprint density at radius 2 is 1.53 bits per heavy atom. The van der Waals surface area contributed by atoms with Crippen molar-refractivity contribution in [3.8, 4) is 0 Å². The molecule has 18 atom stereocenters. The molecule has 3 aliphatic rings. The third-order valence-corrected chi connectivity index (χ3v) is 12.3. The summed E-state index contributed by atoms with van der Waals surface area (Å²) < 4.78 is 43.5. The Labute approximate surface area is 327 Å². The maximum Gasteiger partial charge on any atom is 0.311 e. The monoisotopic (exact) mass is 789 g/mol. The van der Waals surface area contributed by atoms with Crippen LogP contribution in [0, 0.1) is 23.7 Å². The van der Waals surface area contributed by atoms with Gasteiger partial charge in [0.05, 0.1) is 53.7 Å². The fourth-order valence-corrected chi connectivity index (χ4v) is 8.83. The van der Waals surface area contributed by atoms with Crippen molar-refractivity contribution in [3.63, 3.8) is 0 Å². The number of nitrogens with zero attached hydrogens (tertiary/aromatic N) is 1. The van der Waals surface area contributed by atoms with Gasteiger partial charge < -0.3 is 58.5 Å². The predicted molar refractivity (Wildman–Crippen MR) is 200 cm³/mol. The molecule has 15 heteroatoms. The molecule has 320 valence electrons. The fourth-order valence-electron chi connectivity index (χ4n) is 8.83. The highest BCUT2D eigenvalue weighted by Crippen LogP contribution is 2.41. The van der Waals surface area contributed by atoms with Crippen LogP contribution in [0.1, 0.15) is 108 Å². The van der Waals surface area contributed by atoms with Crippen molar-refractivity contribution in [2.45, 2.75) is 193 Å². The minimum atomic E-state index is -2.01. The van der Waals surface area contributed by atoms with E-state index < -0.39 is 114 Å². The lowest BCUT2D eigenvalue weighted by Gasteiger charge is -2.49. The first-order valence-electron chi connectivity index (χ1n) is 19.9. The van der Waals surface area contributed by atoms with Crippen LogP contribution in [-0.2, 0) is 47.5 Å². The van der Waals surface area contributed by atoms with Crippen molar-refractivity contribution >= 4 is 17.7 Å². The second kappa shape index (κ2) is 18.9. The SMILES string of the molecule is CCC[C@H]1OC(=O)[C@H](C)[C@@H](OC2CC(C)(OC)C(O)C(C)O2)[C@H](C)[C@@H](OC2OC(C)CC(N(C)C)C2OC(C)=O)[C@](C)(O)C[C@@H](C)C(=O)[C@H](C)[C@@H](O)[C@]1(C)O. The largest absolute Gasteiger partial charge is 0.459 e. The molecule has 55 heavy (non-hydrogen) atoms. The number of esters is 2.